The second kappa shape index (κ2) is 6.60. The van der Waals surface area contributed by atoms with Crippen LogP contribution in [-0.2, 0) is 0 Å². The van der Waals surface area contributed by atoms with E-state index in [-0.39, 0.29) is 11.7 Å². The van der Waals surface area contributed by atoms with Gasteiger partial charge in [0.05, 0.1) is 0 Å². The highest BCUT2D eigenvalue weighted by atomic mass is 35.5. The maximum Gasteiger partial charge on any atom is 0.291 e. The lowest BCUT2D eigenvalue weighted by Gasteiger charge is -2.06. The molecule has 0 saturated heterocycles. The lowest BCUT2D eigenvalue weighted by molar-refractivity contribution is 0.0997. The lowest BCUT2D eigenvalue weighted by Crippen LogP contribution is -2.11. The van der Waals surface area contributed by atoms with Crippen LogP contribution in [0.1, 0.15) is 16.1 Å². The zero-order valence-electron chi connectivity index (χ0n) is 12.5. The second-order valence-electron chi connectivity index (χ2n) is 5.11. The summed E-state index contributed by atoms with van der Waals surface area (Å²) in [7, 11) is 0. The first-order chi connectivity index (χ1) is 11.6. The Balaban J connectivity index is 1.79. The Labute approximate surface area is 143 Å². The molecule has 0 fully saturated rings. The summed E-state index contributed by atoms with van der Waals surface area (Å²) in [6, 6.07) is 15.4. The van der Waals surface area contributed by atoms with E-state index in [9.17, 15) is 4.79 Å². The number of rotatable bonds is 4. The zero-order valence-corrected chi connectivity index (χ0v) is 13.3. The molecule has 0 unspecified atom stereocenters. The van der Waals surface area contributed by atoms with Crippen LogP contribution < -0.4 is 11.1 Å². The van der Waals surface area contributed by atoms with Crippen LogP contribution in [0.5, 0.6) is 0 Å². The molecular weight excluding hydrogens is 326 g/mol. The Bertz CT molecular complexity index is 901. The molecule has 4 N–H and O–H groups in total. The number of benzene rings is 2. The van der Waals surface area contributed by atoms with Crippen molar-refractivity contribution in [2.45, 2.75) is 0 Å². The summed E-state index contributed by atoms with van der Waals surface area (Å²) >= 11 is 5.86. The molecule has 0 spiro atoms. The molecule has 0 radical (unpaired) electrons. The first-order valence-electron chi connectivity index (χ1n) is 7.14. The van der Waals surface area contributed by atoms with Crippen molar-refractivity contribution in [1.29, 1.82) is 5.41 Å². The van der Waals surface area contributed by atoms with Crippen LogP contribution in [0.15, 0.2) is 59.0 Å². The van der Waals surface area contributed by atoms with Gasteiger partial charge in [-0.3, -0.25) is 4.79 Å². The van der Waals surface area contributed by atoms with Gasteiger partial charge in [0.25, 0.3) is 5.91 Å². The van der Waals surface area contributed by atoms with Crippen LogP contribution in [-0.4, -0.2) is 12.1 Å². The number of amides is 1. The SMILES string of the molecule is N=Cc1cc(NC(=O)c2ccc(-c3ccc(Cl)cc3)o2)ccc1N. The summed E-state index contributed by atoms with van der Waals surface area (Å²) in [6.07, 6.45) is 1.14. The number of nitrogen functional groups attached to an aromatic ring is 1. The monoisotopic (exact) mass is 339 g/mol. The molecule has 0 atom stereocenters. The Morgan fingerprint density at radius 1 is 1.12 bits per heavy atom. The number of nitrogens with one attached hydrogen (secondary N) is 2. The molecule has 0 bridgehead atoms. The van der Waals surface area contributed by atoms with E-state index in [1.807, 2.05) is 12.1 Å². The molecule has 24 heavy (non-hydrogen) atoms. The molecule has 0 aliphatic heterocycles. The number of carbonyl (C=O) groups is 1. The van der Waals surface area contributed by atoms with Crippen LogP contribution in [0.2, 0.25) is 5.02 Å². The van der Waals surface area contributed by atoms with Crippen LogP contribution in [0.4, 0.5) is 11.4 Å². The van der Waals surface area contributed by atoms with Crippen LogP contribution >= 0.6 is 11.6 Å². The molecule has 0 aliphatic rings. The first kappa shape index (κ1) is 15.8. The Morgan fingerprint density at radius 2 is 1.88 bits per heavy atom. The van der Waals surface area contributed by atoms with Crippen molar-refractivity contribution in [2.75, 3.05) is 11.1 Å². The number of anilines is 2. The summed E-state index contributed by atoms with van der Waals surface area (Å²) in [4.78, 5) is 12.3. The minimum Gasteiger partial charge on any atom is -0.451 e. The highest BCUT2D eigenvalue weighted by Crippen LogP contribution is 2.24. The number of halogens is 1. The van der Waals surface area contributed by atoms with Gasteiger partial charge in [-0.2, -0.15) is 0 Å². The van der Waals surface area contributed by atoms with Gasteiger partial charge >= 0.3 is 0 Å². The van der Waals surface area contributed by atoms with Crippen molar-refractivity contribution in [1.82, 2.24) is 0 Å². The van der Waals surface area contributed by atoms with Gasteiger partial charge in [-0.25, -0.2) is 0 Å². The van der Waals surface area contributed by atoms with Crippen molar-refractivity contribution in [3.63, 3.8) is 0 Å². The first-order valence-corrected chi connectivity index (χ1v) is 7.52. The van der Waals surface area contributed by atoms with E-state index in [0.717, 1.165) is 11.8 Å². The van der Waals surface area contributed by atoms with Crippen LogP contribution in [0.3, 0.4) is 0 Å². The third kappa shape index (κ3) is 3.31. The van der Waals surface area contributed by atoms with E-state index >= 15 is 0 Å². The summed E-state index contributed by atoms with van der Waals surface area (Å²) in [5.41, 5.74) is 8.11. The highest BCUT2D eigenvalue weighted by Gasteiger charge is 2.13. The van der Waals surface area contributed by atoms with Crippen molar-refractivity contribution in [2.24, 2.45) is 0 Å². The average Bonchev–Trinajstić information content (AvgIpc) is 3.07. The molecule has 3 aromatic rings. The summed E-state index contributed by atoms with van der Waals surface area (Å²) in [5.74, 6) is 0.387. The molecule has 1 heterocycles. The maximum absolute atomic E-state index is 12.3. The predicted octanol–water partition coefficient (Wildman–Crippen LogP) is 4.43. The molecular formula is C18H14ClN3O2. The quantitative estimate of drug-likeness (QED) is 0.485. The lowest BCUT2D eigenvalue weighted by atomic mass is 10.1. The van der Waals surface area contributed by atoms with Crippen molar-refractivity contribution >= 4 is 35.1 Å². The molecule has 6 heteroatoms. The van der Waals surface area contributed by atoms with Crippen molar-refractivity contribution < 1.29 is 9.21 Å². The molecule has 5 nitrogen and oxygen atoms in total. The topological polar surface area (TPSA) is 92.1 Å². The maximum atomic E-state index is 12.3. The number of nitrogens with two attached hydrogens (primary N) is 1. The minimum absolute atomic E-state index is 0.188. The fourth-order valence-electron chi connectivity index (χ4n) is 2.20. The predicted molar refractivity (Wildman–Crippen MR) is 95.8 cm³/mol. The van der Waals surface area contributed by atoms with Gasteiger partial charge in [0.2, 0.25) is 0 Å². The normalized spacial score (nSPS) is 10.4. The van der Waals surface area contributed by atoms with Crippen LogP contribution in [0.25, 0.3) is 11.3 Å². The van der Waals surface area contributed by atoms with Gasteiger partial charge in [0.1, 0.15) is 5.76 Å². The Hall–Kier alpha value is -3.05. The number of hydrogen-bond acceptors (Lipinski definition) is 4. The van der Waals surface area contributed by atoms with E-state index in [4.69, 9.17) is 27.2 Å². The van der Waals surface area contributed by atoms with Gasteiger partial charge in [-0.15, -0.1) is 0 Å². The third-order valence-electron chi connectivity index (χ3n) is 3.46. The smallest absolute Gasteiger partial charge is 0.291 e. The molecule has 3 rings (SSSR count). The number of hydrogen-bond donors (Lipinski definition) is 3. The van der Waals surface area contributed by atoms with E-state index < -0.39 is 0 Å². The molecule has 0 saturated carbocycles. The summed E-state index contributed by atoms with van der Waals surface area (Å²) in [5, 5.41) is 10.7. The van der Waals surface area contributed by atoms with Gasteiger partial charge in [-0.05, 0) is 54.6 Å². The summed E-state index contributed by atoms with van der Waals surface area (Å²) < 4.78 is 5.60. The van der Waals surface area contributed by atoms with Gasteiger partial charge in [0.15, 0.2) is 5.76 Å². The Kier molecular flexibility index (Phi) is 4.35. The number of carbonyl (C=O) groups excluding carboxylic acids is 1. The average molecular weight is 340 g/mol. The van der Waals surface area contributed by atoms with E-state index in [1.165, 1.54) is 0 Å². The standard InChI is InChI=1S/C18H14ClN3O2/c19-13-3-1-11(2-4-13)16-7-8-17(24-16)18(23)22-14-5-6-15(21)12(9-14)10-20/h1-10,20H,21H2,(H,22,23). The minimum atomic E-state index is -0.379. The van der Waals surface area contributed by atoms with Gasteiger partial charge in [0, 0.05) is 33.7 Å². The van der Waals surface area contributed by atoms with Gasteiger partial charge < -0.3 is 20.9 Å². The van der Waals surface area contributed by atoms with Gasteiger partial charge in [-0.1, -0.05) is 11.6 Å². The van der Waals surface area contributed by atoms with E-state index in [2.05, 4.69) is 5.32 Å². The molecule has 2 aromatic carbocycles. The van der Waals surface area contributed by atoms with Crippen molar-refractivity contribution in [3.8, 4) is 11.3 Å². The van der Waals surface area contributed by atoms with Crippen LogP contribution in [0, 0.1) is 5.41 Å². The fourth-order valence-corrected chi connectivity index (χ4v) is 2.33. The zero-order chi connectivity index (χ0) is 17.1. The summed E-state index contributed by atoms with van der Waals surface area (Å²) in [6.45, 7) is 0. The molecule has 1 amide bonds. The van der Waals surface area contributed by atoms with E-state index in [0.29, 0.717) is 27.7 Å². The van der Waals surface area contributed by atoms with E-state index in [1.54, 1.807) is 42.5 Å². The highest BCUT2D eigenvalue weighted by molar-refractivity contribution is 6.30. The Morgan fingerprint density at radius 3 is 2.58 bits per heavy atom. The number of furan rings is 1. The third-order valence-corrected chi connectivity index (χ3v) is 3.71. The molecule has 120 valence electrons. The second-order valence-corrected chi connectivity index (χ2v) is 5.55. The molecule has 1 aromatic heterocycles. The van der Waals surface area contributed by atoms with Crippen molar-refractivity contribution in [3.05, 3.63) is 70.9 Å². The largest absolute Gasteiger partial charge is 0.451 e. The fraction of sp³-hybridized carbons (Fsp3) is 0. The molecule has 0 aliphatic carbocycles.